The van der Waals surface area contributed by atoms with Crippen LogP contribution in [-0.4, -0.2) is 12.3 Å². The van der Waals surface area contributed by atoms with Crippen LogP contribution in [0.3, 0.4) is 0 Å². The average molecular weight is 181 g/mol. The standard InChI is InChI=1S/C11H19NO/c1-2-7-13-12-11-6-4-9-3-5-10(11)8-9/h9-10H,2-8H2,1H3. The van der Waals surface area contributed by atoms with E-state index in [0.717, 1.165) is 24.9 Å². The minimum absolute atomic E-state index is 0.774. The number of hydrogen-bond donors (Lipinski definition) is 0. The molecule has 0 saturated heterocycles. The van der Waals surface area contributed by atoms with Crippen LogP contribution < -0.4 is 0 Å². The van der Waals surface area contributed by atoms with Gasteiger partial charge in [0.1, 0.15) is 6.61 Å². The number of fused-ring (bicyclic) bond motifs is 2. The molecule has 2 atom stereocenters. The Morgan fingerprint density at radius 3 is 3.15 bits per heavy atom. The van der Waals surface area contributed by atoms with Gasteiger partial charge >= 0.3 is 0 Å². The van der Waals surface area contributed by atoms with E-state index in [1.54, 1.807) is 0 Å². The number of hydrogen-bond acceptors (Lipinski definition) is 2. The number of rotatable bonds is 3. The summed E-state index contributed by atoms with van der Waals surface area (Å²) in [6.07, 6.45) is 7.78. The van der Waals surface area contributed by atoms with E-state index in [1.807, 2.05) is 0 Å². The second kappa shape index (κ2) is 4.12. The zero-order valence-corrected chi connectivity index (χ0v) is 8.46. The maximum Gasteiger partial charge on any atom is 0.116 e. The second-order valence-corrected chi connectivity index (χ2v) is 4.33. The molecule has 2 nitrogen and oxygen atoms in total. The Morgan fingerprint density at radius 2 is 2.31 bits per heavy atom. The van der Waals surface area contributed by atoms with E-state index in [0.29, 0.717) is 0 Å². The molecular formula is C11H19NO. The van der Waals surface area contributed by atoms with Crippen molar-refractivity contribution in [2.45, 2.75) is 45.4 Å². The van der Waals surface area contributed by atoms with Gasteiger partial charge in [-0.25, -0.2) is 0 Å². The molecule has 2 bridgehead atoms. The first-order valence-corrected chi connectivity index (χ1v) is 5.59. The molecule has 2 saturated carbocycles. The minimum atomic E-state index is 0.774. The highest BCUT2D eigenvalue weighted by molar-refractivity contribution is 5.87. The highest BCUT2D eigenvalue weighted by Gasteiger charge is 2.33. The first kappa shape index (κ1) is 9.04. The molecule has 74 valence electrons. The molecule has 0 N–H and O–H groups in total. The third kappa shape index (κ3) is 2.04. The molecule has 2 aliphatic rings. The van der Waals surface area contributed by atoms with E-state index in [4.69, 9.17) is 4.84 Å². The zero-order chi connectivity index (χ0) is 9.10. The molecule has 2 rings (SSSR count). The van der Waals surface area contributed by atoms with Gasteiger partial charge in [-0.2, -0.15) is 0 Å². The number of nitrogens with zero attached hydrogens (tertiary/aromatic N) is 1. The Hall–Kier alpha value is -0.530. The van der Waals surface area contributed by atoms with Crippen molar-refractivity contribution in [3.63, 3.8) is 0 Å². The van der Waals surface area contributed by atoms with Gasteiger partial charge in [0.05, 0.1) is 5.71 Å². The van der Waals surface area contributed by atoms with E-state index in [2.05, 4.69) is 12.1 Å². The molecule has 0 heterocycles. The Kier molecular flexibility index (Phi) is 2.87. The molecule has 2 heteroatoms. The van der Waals surface area contributed by atoms with Crippen LogP contribution in [0.5, 0.6) is 0 Å². The summed E-state index contributed by atoms with van der Waals surface area (Å²) >= 11 is 0. The van der Waals surface area contributed by atoms with E-state index in [1.165, 1.54) is 37.8 Å². The van der Waals surface area contributed by atoms with Crippen LogP contribution in [0.2, 0.25) is 0 Å². The fourth-order valence-corrected chi connectivity index (χ4v) is 2.54. The van der Waals surface area contributed by atoms with Crippen molar-refractivity contribution < 1.29 is 4.84 Å². The van der Waals surface area contributed by atoms with Crippen LogP contribution in [0.4, 0.5) is 0 Å². The zero-order valence-electron chi connectivity index (χ0n) is 8.46. The van der Waals surface area contributed by atoms with Gasteiger partial charge < -0.3 is 4.84 Å². The van der Waals surface area contributed by atoms with E-state index < -0.39 is 0 Å². The van der Waals surface area contributed by atoms with E-state index in [9.17, 15) is 0 Å². The van der Waals surface area contributed by atoms with Gasteiger partial charge in [0, 0.05) is 5.92 Å². The summed E-state index contributed by atoms with van der Waals surface area (Å²) in [4.78, 5) is 5.26. The molecule has 2 aliphatic carbocycles. The molecular weight excluding hydrogens is 162 g/mol. The lowest BCUT2D eigenvalue weighted by Crippen LogP contribution is -2.17. The quantitative estimate of drug-likeness (QED) is 0.484. The van der Waals surface area contributed by atoms with Crippen molar-refractivity contribution in [3.05, 3.63) is 0 Å². The first-order valence-electron chi connectivity index (χ1n) is 5.59. The van der Waals surface area contributed by atoms with Crippen LogP contribution in [0, 0.1) is 11.8 Å². The molecule has 0 aromatic carbocycles. The summed E-state index contributed by atoms with van der Waals surface area (Å²) in [5.41, 5.74) is 1.35. The Bertz CT molecular complexity index is 200. The summed E-state index contributed by atoms with van der Waals surface area (Å²) in [5, 5.41) is 4.27. The van der Waals surface area contributed by atoms with Gasteiger partial charge in [-0.1, -0.05) is 12.1 Å². The smallest absolute Gasteiger partial charge is 0.116 e. The molecule has 0 aromatic rings. The summed E-state index contributed by atoms with van der Waals surface area (Å²) < 4.78 is 0. The maximum atomic E-state index is 5.26. The lowest BCUT2D eigenvalue weighted by Gasteiger charge is -2.19. The van der Waals surface area contributed by atoms with Crippen molar-refractivity contribution in [1.29, 1.82) is 0 Å². The maximum absolute atomic E-state index is 5.26. The Labute approximate surface area is 80.3 Å². The van der Waals surface area contributed by atoms with Crippen LogP contribution in [0.15, 0.2) is 5.16 Å². The average Bonchev–Trinajstić information content (AvgIpc) is 2.53. The highest BCUT2D eigenvalue weighted by atomic mass is 16.6. The third-order valence-corrected chi connectivity index (χ3v) is 3.30. The molecule has 0 aliphatic heterocycles. The van der Waals surface area contributed by atoms with Crippen LogP contribution in [0.25, 0.3) is 0 Å². The van der Waals surface area contributed by atoms with E-state index >= 15 is 0 Å². The molecule has 0 amide bonds. The molecule has 2 unspecified atom stereocenters. The molecule has 13 heavy (non-hydrogen) atoms. The van der Waals surface area contributed by atoms with Gasteiger partial charge in [-0.05, 0) is 44.4 Å². The van der Waals surface area contributed by atoms with Gasteiger partial charge in [-0.15, -0.1) is 0 Å². The fourth-order valence-electron chi connectivity index (χ4n) is 2.54. The van der Waals surface area contributed by atoms with Gasteiger partial charge in [0.25, 0.3) is 0 Å². The van der Waals surface area contributed by atoms with E-state index in [-0.39, 0.29) is 0 Å². The van der Waals surface area contributed by atoms with Gasteiger partial charge in [-0.3, -0.25) is 0 Å². The molecule has 0 aromatic heterocycles. The second-order valence-electron chi connectivity index (χ2n) is 4.33. The lowest BCUT2D eigenvalue weighted by molar-refractivity contribution is 0.142. The number of oxime groups is 1. The first-order chi connectivity index (χ1) is 6.40. The van der Waals surface area contributed by atoms with Gasteiger partial charge in [0.2, 0.25) is 0 Å². The summed E-state index contributed by atoms with van der Waals surface area (Å²) in [7, 11) is 0. The van der Waals surface area contributed by atoms with Crippen LogP contribution in [-0.2, 0) is 4.84 Å². The molecule has 0 radical (unpaired) electrons. The minimum Gasteiger partial charge on any atom is -0.396 e. The van der Waals surface area contributed by atoms with Crippen molar-refractivity contribution in [1.82, 2.24) is 0 Å². The summed E-state index contributed by atoms with van der Waals surface area (Å²) in [6, 6.07) is 0. The fraction of sp³-hybridized carbons (Fsp3) is 0.909. The topological polar surface area (TPSA) is 21.6 Å². The molecule has 2 fully saturated rings. The van der Waals surface area contributed by atoms with Crippen molar-refractivity contribution in [2.75, 3.05) is 6.61 Å². The van der Waals surface area contributed by atoms with Crippen molar-refractivity contribution in [3.8, 4) is 0 Å². The molecule has 0 spiro atoms. The Morgan fingerprint density at radius 1 is 1.38 bits per heavy atom. The Balaban J connectivity index is 1.88. The lowest BCUT2D eigenvalue weighted by atomic mass is 9.88. The van der Waals surface area contributed by atoms with Crippen molar-refractivity contribution >= 4 is 5.71 Å². The predicted octanol–water partition coefficient (Wildman–Crippen LogP) is 2.98. The SMILES string of the molecule is CCCON=C1CCC2CCC1C2. The predicted molar refractivity (Wildman–Crippen MR) is 53.7 cm³/mol. The summed E-state index contributed by atoms with van der Waals surface area (Å²) in [5.74, 6) is 1.78. The normalized spacial score (nSPS) is 35.3. The van der Waals surface area contributed by atoms with Crippen LogP contribution >= 0.6 is 0 Å². The highest BCUT2D eigenvalue weighted by Crippen LogP contribution is 2.40. The largest absolute Gasteiger partial charge is 0.396 e. The monoisotopic (exact) mass is 181 g/mol. The third-order valence-electron chi connectivity index (χ3n) is 3.30. The van der Waals surface area contributed by atoms with Crippen molar-refractivity contribution in [2.24, 2.45) is 17.0 Å². The van der Waals surface area contributed by atoms with Crippen LogP contribution in [0.1, 0.15) is 45.4 Å². The van der Waals surface area contributed by atoms with Gasteiger partial charge in [0.15, 0.2) is 0 Å². The summed E-state index contributed by atoms with van der Waals surface area (Å²) in [6.45, 7) is 2.90.